The molecule has 0 aliphatic rings. The number of sulfonamides is 1. The highest BCUT2D eigenvalue weighted by Gasteiger charge is 2.19. The van der Waals surface area contributed by atoms with Crippen LogP contribution in [0.1, 0.15) is 16.7 Å². The zero-order chi connectivity index (χ0) is 15.6. The molecule has 0 aromatic heterocycles. The van der Waals surface area contributed by atoms with Gasteiger partial charge >= 0.3 is 0 Å². The van der Waals surface area contributed by atoms with E-state index in [4.69, 9.17) is 0 Å². The number of nitrogens with one attached hydrogen (secondary N) is 2. The Bertz CT molecular complexity index is 727. The van der Waals surface area contributed by atoms with E-state index in [-0.39, 0.29) is 0 Å². The van der Waals surface area contributed by atoms with Crippen molar-refractivity contribution in [1.82, 2.24) is 0 Å². The van der Waals surface area contributed by atoms with E-state index in [2.05, 4.69) is 10.0 Å². The molecule has 0 radical (unpaired) electrons. The van der Waals surface area contributed by atoms with E-state index in [1.807, 2.05) is 52.1 Å². The van der Waals surface area contributed by atoms with Crippen molar-refractivity contribution in [2.75, 3.05) is 17.1 Å². The van der Waals surface area contributed by atoms with Crippen molar-refractivity contribution >= 4 is 21.4 Å². The fourth-order valence-corrected chi connectivity index (χ4v) is 4.02. The molecule has 0 aliphatic heterocycles. The Morgan fingerprint density at radius 3 is 1.81 bits per heavy atom. The second-order valence-electron chi connectivity index (χ2n) is 5.16. The molecule has 0 atom stereocenters. The number of hydrogen-bond acceptors (Lipinski definition) is 3. The lowest BCUT2D eigenvalue weighted by molar-refractivity contribution is 0.600. The first-order valence-corrected chi connectivity index (χ1v) is 8.20. The molecule has 2 N–H and O–H groups in total. The lowest BCUT2D eigenvalue weighted by atomic mass is 10.1. The van der Waals surface area contributed by atoms with Crippen LogP contribution >= 0.6 is 0 Å². The van der Waals surface area contributed by atoms with Crippen LogP contribution in [-0.2, 0) is 10.0 Å². The van der Waals surface area contributed by atoms with Crippen molar-refractivity contribution in [1.29, 1.82) is 0 Å². The van der Waals surface area contributed by atoms with Gasteiger partial charge in [-0.05, 0) is 56.2 Å². The van der Waals surface area contributed by atoms with Gasteiger partial charge in [0.15, 0.2) is 0 Å². The van der Waals surface area contributed by atoms with E-state index in [0.717, 1.165) is 22.4 Å². The summed E-state index contributed by atoms with van der Waals surface area (Å²) in [4.78, 5) is 0.353. The lowest BCUT2D eigenvalue weighted by Crippen LogP contribution is -2.15. The zero-order valence-electron chi connectivity index (χ0n) is 12.7. The summed E-state index contributed by atoms with van der Waals surface area (Å²) in [6.45, 7) is 5.59. The summed E-state index contributed by atoms with van der Waals surface area (Å²) in [7, 11) is -1.76. The molecule has 0 unspecified atom stereocenters. The van der Waals surface area contributed by atoms with Crippen LogP contribution in [0.15, 0.2) is 41.3 Å². The standard InChI is InChI=1S/C16H20N2O2S/c1-11-9-12(2)16(13(3)10-11)21(19,20)18-15-7-5-14(17-4)6-8-15/h5-10,17-18H,1-4H3. The van der Waals surface area contributed by atoms with Crippen molar-refractivity contribution in [3.63, 3.8) is 0 Å². The highest BCUT2D eigenvalue weighted by atomic mass is 32.2. The van der Waals surface area contributed by atoms with Crippen molar-refractivity contribution in [2.45, 2.75) is 25.7 Å². The Morgan fingerprint density at radius 2 is 1.33 bits per heavy atom. The maximum absolute atomic E-state index is 12.6. The number of aryl methyl sites for hydroxylation is 3. The summed E-state index contributed by atoms with van der Waals surface area (Å²) in [6.07, 6.45) is 0. The molecule has 0 saturated heterocycles. The summed E-state index contributed by atoms with van der Waals surface area (Å²) in [5.41, 5.74) is 4.05. The third kappa shape index (κ3) is 3.36. The number of anilines is 2. The molecule has 2 aromatic rings. The Labute approximate surface area is 126 Å². The maximum Gasteiger partial charge on any atom is 0.262 e. The van der Waals surface area contributed by atoms with Gasteiger partial charge in [0, 0.05) is 18.4 Å². The monoisotopic (exact) mass is 304 g/mol. The summed E-state index contributed by atoms with van der Waals surface area (Å²) in [5.74, 6) is 0. The van der Waals surface area contributed by atoms with Gasteiger partial charge in [0.1, 0.15) is 0 Å². The highest BCUT2D eigenvalue weighted by molar-refractivity contribution is 7.92. The molecule has 0 aliphatic carbocycles. The van der Waals surface area contributed by atoms with E-state index in [9.17, 15) is 8.42 Å². The minimum Gasteiger partial charge on any atom is -0.388 e. The van der Waals surface area contributed by atoms with Gasteiger partial charge in [-0.2, -0.15) is 0 Å². The van der Waals surface area contributed by atoms with Gasteiger partial charge in [-0.1, -0.05) is 17.7 Å². The first-order chi connectivity index (χ1) is 9.83. The van der Waals surface area contributed by atoms with Crippen molar-refractivity contribution in [3.05, 3.63) is 53.1 Å². The molecule has 0 bridgehead atoms. The lowest BCUT2D eigenvalue weighted by Gasteiger charge is -2.14. The van der Waals surface area contributed by atoms with Crippen LogP contribution in [-0.4, -0.2) is 15.5 Å². The molecule has 112 valence electrons. The number of benzene rings is 2. The fourth-order valence-electron chi connectivity index (χ4n) is 2.50. The molecule has 2 aromatic carbocycles. The van der Waals surface area contributed by atoms with E-state index in [1.165, 1.54) is 0 Å². The fraction of sp³-hybridized carbons (Fsp3) is 0.250. The van der Waals surface area contributed by atoms with E-state index in [0.29, 0.717) is 10.6 Å². The minimum absolute atomic E-state index is 0.353. The Kier molecular flexibility index (Phi) is 4.23. The minimum atomic E-state index is -3.58. The smallest absolute Gasteiger partial charge is 0.262 e. The maximum atomic E-state index is 12.6. The normalized spacial score (nSPS) is 11.2. The molecule has 0 heterocycles. The van der Waals surface area contributed by atoms with Crippen LogP contribution in [0, 0.1) is 20.8 Å². The molecule has 0 saturated carbocycles. The largest absolute Gasteiger partial charge is 0.388 e. The summed E-state index contributed by atoms with van der Waals surface area (Å²) >= 11 is 0. The van der Waals surface area contributed by atoms with Gasteiger partial charge in [-0.3, -0.25) is 4.72 Å². The molecule has 0 spiro atoms. The molecule has 4 nitrogen and oxygen atoms in total. The van der Waals surface area contributed by atoms with Crippen molar-refractivity contribution in [3.8, 4) is 0 Å². The van der Waals surface area contributed by atoms with E-state index in [1.54, 1.807) is 12.1 Å². The summed E-state index contributed by atoms with van der Waals surface area (Å²) in [5, 5.41) is 3.00. The predicted octanol–water partition coefficient (Wildman–Crippen LogP) is 3.45. The SMILES string of the molecule is CNc1ccc(NS(=O)(=O)c2c(C)cc(C)cc2C)cc1. The topological polar surface area (TPSA) is 58.2 Å². The number of rotatable bonds is 4. The van der Waals surface area contributed by atoms with Crippen LogP contribution in [0.2, 0.25) is 0 Å². The first kappa shape index (κ1) is 15.4. The molecule has 21 heavy (non-hydrogen) atoms. The second-order valence-corrected chi connectivity index (χ2v) is 6.78. The van der Waals surface area contributed by atoms with Gasteiger partial charge in [-0.25, -0.2) is 8.42 Å². The summed E-state index contributed by atoms with van der Waals surface area (Å²) < 4.78 is 27.8. The molecule has 0 amide bonds. The Morgan fingerprint density at radius 1 is 0.857 bits per heavy atom. The quantitative estimate of drug-likeness (QED) is 0.909. The van der Waals surface area contributed by atoms with Crippen LogP contribution in [0.4, 0.5) is 11.4 Å². The number of hydrogen-bond donors (Lipinski definition) is 2. The van der Waals surface area contributed by atoms with Crippen molar-refractivity contribution < 1.29 is 8.42 Å². The van der Waals surface area contributed by atoms with Gasteiger partial charge < -0.3 is 5.32 Å². The van der Waals surface area contributed by atoms with Crippen LogP contribution < -0.4 is 10.0 Å². The van der Waals surface area contributed by atoms with Crippen LogP contribution in [0.3, 0.4) is 0 Å². The molecule has 0 fully saturated rings. The Hall–Kier alpha value is -2.01. The average molecular weight is 304 g/mol. The van der Waals surface area contributed by atoms with Gasteiger partial charge in [0.2, 0.25) is 0 Å². The molecule has 5 heteroatoms. The highest BCUT2D eigenvalue weighted by Crippen LogP contribution is 2.24. The molecule has 2 rings (SSSR count). The Balaban J connectivity index is 2.38. The van der Waals surface area contributed by atoms with Crippen molar-refractivity contribution in [2.24, 2.45) is 0 Å². The average Bonchev–Trinajstić information content (AvgIpc) is 2.37. The van der Waals surface area contributed by atoms with Gasteiger partial charge in [-0.15, -0.1) is 0 Å². The van der Waals surface area contributed by atoms with E-state index < -0.39 is 10.0 Å². The molecular weight excluding hydrogens is 284 g/mol. The predicted molar refractivity (Wildman–Crippen MR) is 87.5 cm³/mol. The zero-order valence-corrected chi connectivity index (χ0v) is 13.5. The first-order valence-electron chi connectivity index (χ1n) is 6.72. The van der Waals surface area contributed by atoms with Gasteiger partial charge in [0.25, 0.3) is 10.0 Å². The van der Waals surface area contributed by atoms with Crippen LogP contribution in [0.5, 0.6) is 0 Å². The second kappa shape index (κ2) is 5.77. The third-order valence-corrected chi connectivity index (χ3v) is 4.99. The van der Waals surface area contributed by atoms with E-state index >= 15 is 0 Å². The summed E-state index contributed by atoms with van der Waals surface area (Å²) in [6, 6.07) is 10.9. The van der Waals surface area contributed by atoms with Gasteiger partial charge in [0.05, 0.1) is 4.90 Å². The third-order valence-electron chi connectivity index (χ3n) is 3.30. The molecular formula is C16H20N2O2S. The van der Waals surface area contributed by atoms with Crippen LogP contribution in [0.25, 0.3) is 0 Å².